The average Bonchev–Trinajstić information content (AvgIpc) is 3.16. The number of amides is 1. The number of fused-ring (bicyclic) bond motifs is 14. The van der Waals surface area contributed by atoms with Crippen molar-refractivity contribution in [3.63, 3.8) is 0 Å². The van der Waals surface area contributed by atoms with Gasteiger partial charge < -0.3 is 59.6 Å². The third-order valence-corrected chi connectivity index (χ3v) is 10.9. The SMILES string of the molecule is COC(=O)[C@@H]1[C@H](O)[C@H](C)[C@H](O)[C@](C)(O)C=CC=C(C)C(=O)Nc2c(C)c(OC(C)=O)c3c(c2O)C(=O)C(C)=C2OCOC(=C23)C(C)=C[C@](C)(O)[C@H](O)[C@H](C)[C@@H]1OC(C)=O. The van der Waals surface area contributed by atoms with Crippen LogP contribution in [0, 0.1) is 24.7 Å². The summed E-state index contributed by atoms with van der Waals surface area (Å²) in [6.45, 7) is 12.5. The van der Waals surface area contributed by atoms with Crippen LogP contribution in [-0.4, -0.2) is 110 Å². The first kappa shape index (κ1) is 46.4. The minimum Gasteiger partial charge on any atom is -0.505 e. The molecule has 59 heavy (non-hydrogen) atoms. The summed E-state index contributed by atoms with van der Waals surface area (Å²) in [6.07, 6.45) is -2.49. The van der Waals surface area contributed by atoms with Crippen LogP contribution in [0.4, 0.5) is 5.69 Å². The maximum Gasteiger partial charge on any atom is 0.315 e. The van der Waals surface area contributed by atoms with Crippen LogP contribution < -0.4 is 10.1 Å². The summed E-state index contributed by atoms with van der Waals surface area (Å²) >= 11 is 0. The van der Waals surface area contributed by atoms with E-state index in [1.165, 1.54) is 73.6 Å². The number of esters is 3. The second-order valence-electron chi connectivity index (χ2n) is 15.6. The van der Waals surface area contributed by atoms with E-state index in [-0.39, 0.29) is 61.9 Å². The van der Waals surface area contributed by atoms with E-state index in [1.807, 2.05) is 0 Å². The molecule has 0 radical (unpaired) electrons. The number of methoxy groups -OCH3 is 1. The van der Waals surface area contributed by atoms with Gasteiger partial charge in [-0.05, 0) is 53.2 Å². The minimum absolute atomic E-state index is 0.00133. The van der Waals surface area contributed by atoms with Gasteiger partial charge in [0.2, 0.25) is 6.79 Å². The number of rotatable bonds is 3. The molecule has 0 saturated carbocycles. The summed E-state index contributed by atoms with van der Waals surface area (Å²) in [5.41, 5.74) is -5.03. The van der Waals surface area contributed by atoms with E-state index in [2.05, 4.69) is 5.32 Å². The Balaban J connectivity index is 2.12. The van der Waals surface area contributed by atoms with Gasteiger partial charge in [0.05, 0.1) is 42.2 Å². The fraction of sp³-hybridized carbons (Fsp3) is 0.500. The molecule has 4 aliphatic rings. The smallest absolute Gasteiger partial charge is 0.315 e. The standard InChI is InChI=1S/C42H53NO16/c1-17-13-12-14-41(9,53)37(49)21(5)31(47)28(40(52)55-11)36(59-24(8)45)22(6)38(50)42(10,54)15-18(2)33-27-25-26(30(46)20(4)34(27)57-16-56-33)32(48)29(43-39(17)51)19(3)35(25)58-23(7)44/h12-15,21-22,28,31,36-38,47-50,53-54H,16H2,1-11H3,(H,43,51)/t21-,22+,28+,31+,36-,37-,38+,41+,42-/m0/s1. The molecule has 322 valence electrons. The summed E-state index contributed by atoms with van der Waals surface area (Å²) < 4.78 is 27.9. The van der Waals surface area contributed by atoms with Gasteiger partial charge in [-0.1, -0.05) is 32.1 Å². The summed E-state index contributed by atoms with van der Waals surface area (Å²) in [6, 6.07) is 0. The number of nitrogens with one attached hydrogen (secondary N) is 1. The Labute approximate surface area is 341 Å². The van der Waals surface area contributed by atoms with Crippen molar-refractivity contribution in [2.75, 3.05) is 19.2 Å². The molecular weight excluding hydrogens is 774 g/mol. The third-order valence-electron chi connectivity index (χ3n) is 10.9. The number of benzene rings is 1. The predicted octanol–water partition coefficient (Wildman–Crippen LogP) is 2.79. The van der Waals surface area contributed by atoms with Gasteiger partial charge in [0, 0.05) is 48.0 Å². The number of hydrogen-bond acceptors (Lipinski definition) is 16. The van der Waals surface area contributed by atoms with Gasteiger partial charge >= 0.3 is 17.9 Å². The van der Waals surface area contributed by atoms with Crippen molar-refractivity contribution in [2.24, 2.45) is 17.8 Å². The maximum absolute atomic E-state index is 14.0. The van der Waals surface area contributed by atoms with Crippen LogP contribution in [0.1, 0.15) is 83.8 Å². The molecule has 1 amide bonds. The molecule has 0 unspecified atom stereocenters. The van der Waals surface area contributed by atoms with Crippen molar-refractivity contribution in [2.45, 2.75) is 105 Å². The number of aliphatic hydroxyl groups is 5. The number of ether oxygens (including phenoxy) is 5. The monoisotopic (exact) mass is 827 g/mol. The molecule has 0 spiro atoms. The molecule has 0 saturated heterocycles. The molecule has 17 heteroatoms. The lowest BCUT2D eigenvalue weighted by Gasteiger charge is -2.41. The van der Waals surface area contributed by atoms with Gasteiger partial charge in [-0.15, -0.1) is 0 Å². The molecular formula is C42H53NO16. The van der Waals surface area contributed by atoms with E-state index < -0.39 is 95.5 Å². The van der Waals surface area contributed by atoms with Crippen molar-refractivity contribution in [3.05, 3.63) is 69.2 Å². The zero-order chi connectivity index (χ0) is 44.6. The lowest BCUT2D eigenvalue weighted by atomic mass is 9.74. The highest BCUT2D eigenvalue weighted by Gasteiger charge is 2.50. The molecule has 5 rings (SSSR count). The Morgan fingerprint density at radius 2 is 1.46 bits per heavy atom. The van der Waals surface area contributed by atoms with Crippen molar-refractivity contribution in [3.8, 4) is 11.5 Å². The Morgan fingerprint density at radius 1 is 0.864 bits per heavy atom. The van der Waals surface area contributed by atoms with Gasteiger partial charge in [-0.3, -0.25) is 24.0 Å². The molecule has 0 fully saturated rings. The maximum atomic E-state index is 14.0. The molecule has 9 atom stereocenters. The zero-order valence-electron chi connectivity index (χ0n) is 34.8. The summed E-state index contributed by atoms with van der Waals surface area (Å²) in [5.74, 6) is -9.89. The van der Waals surface area contributed by atoms with E-state index in [9.17, 15) is 54.6 Å². The van der Waals surface area contributed by atoms with Crippen LogP contribution in [0.3, 0.4) is 0 Å². The highest BCUT2D eigenvalue weighted by molar-refractivity contribution is 6.21. The van der Waals surface area contributed by atoms with E-state index in [0.717, 1.165) is 27.0 Å². The summed E-state index contributed by atoms with van der Waals surface area (Å²) in [7, 11) is 1.01. The second kappa shape index (κ2) is 17.5. The Hall–Kier alpha value is -5.33. The number of phenols is 1. The van der Waals surface area contributed by atoms with Gasteiger partial charge in [-0.25, -0.2) is 0 Å². The molecule has 17 nitrogen and oxygen atoms in total. The quantitative estimate of drug-likeness (QED) is 0.131. The Kier molecular flexibility index (Phi) is 13.7. The summed E-state index contributed by atoms with van der Waals surface area (Å²) in [4.78, 5) is 66.1. The first-order chi connectivity index (χ1) is 27.3. The number of carbonyl (C=O) groups is 5. The first-order valence-corrected chi connectivity index (χ1v) is 18.8. The number of carbonyl (C=O) groups excluding carboxylic acids is 5. The molecule has 0 aromatic heterocycles. The number of aliphatic hydroxyl groups excluding tert-OH is 3. The lowest BCUT2D eigenvalue weighted by molar-refractivity contribution is -0.183. The molecule has 1 aromatic rings. The second-order valence-corrected chi connectivity index (χ2v) is 15.6. The van der Waals surface area contributed by atoms with Crippen LogP contribution in [0.25, 0.3) is 5.57 Å². The number of anilines is 1. The normalized spacial score (nSPS) is 30.7. The van der Waals surface area contributed by atoms with Crippen molar-refractivity contribution in [1.82, 2.24) is 0 Å². The molecule has 3 aliphatic heterocycles. The highest BCUT2D eigenvalue weighted by atomic mass is 16.7. The van der Waals surface area contributed by atoms with Gasteiger partial charge in [-0.2, -0.15) is 0 Å². The largest absolute Gasteiger partial charge is 0.505 e. The molecule has 7 N–H and O–H groups in total. The fourth-order valence-electron chi connectivity index (χ4n) is 7.66. The third kappa shape index (κ3) is 8.99. The molecule has 1 aromatic carbocycles. The van der Waals surface area contributed by atoms with Crippen LogP contribution in [0.2, 0.25) is 0 Å². The van der Waals surface area contributed by atoms with Crippen molar-refractivity contribution in [1.29, 1.82) is 0 Å². The lowest BCUT2D eigenvalue weighted by Crippen LogP contribution is -2.55. The topological polar surface area (TPSA) is 265 Å². The number of Topliss-reactive ketones (excluding diaryl/α,β-unsaturated/α-hetero) is 1. The van der Waals surface area contributed by atoms with Crippen LogP contribution >= 0.6 is 0 Å². The summed E-state index contributed by atoms with van der Waals surface area (Å²) in [5, 5.41) is 72.5. The highest BCUT2D eigenvalue weighted by Crippen LogP contribution is 2.53. The van der Waals surface area contributed by atoms with E-state index in [4.69, 9.17) is 23.7 Å². The van der Waals surface area contributed by atoms with Crippen LogP contribution in [0.15, 0.2) is 52.5 Å². The number of hydrogen-bond donors (Lipinski definition) is 7. The minimum atomic E-state index is -2.26. The van der Waals surface area contributed by atoms with Crippen LogP contribution in [-0.2, 0) is 38.1 Å². The number of aromatic hydroxyl groups is 1. The van der Waals surface area contributed by atoms with Crippen molar-refractivity contribution < 1.29 is 78.3 Å². The number of phenolic OH excluding ortho intramolecular Hbond substituents is 1. The van der Waals surface area contributed by atoms with E-state index >= 15 is 0 Å². The van der Waals surface area contributed by atoms with E-state index in [0.29, 0.717) is 0 Å². The predicted molar refractivity (Wildman–Crippen MR) is 209 cm³/mol. The van der Waals surface area contributed by atoms with Gasteiger partial charge in [0.15, 0.2) is 11.5 Å². The average molecular weight is 828 g/mol. The molecule has 1 aliphatic carbocycles. The number of ketones is 1. The Morgan fingerprint density at radius 3 is 2.03 bits per heavy atom. The van der Waals surface area contributed by atoms with Crippen LogP contribution in [0.5, 0.6) is 11.5 Å². The van der Waals surface area contributed by atoms with Gasteiger partial charge in [0.25, 0.3) is 5.91 Å². The Bertz CT molecular complexity index is 2090. The zero-order valence-corrected chi connectivity index (χ0v) is 34.8. The van der Waals surface area contributed by atoms with E-state index in [1.54, 1.807) is 0 Å². The fourth-order valence-corrected chi connectivity index (χ4v) is 7.66. The number of allylic oxidation sites excluding steroid dienone is 5. The molecule has 3 heterocycles. The van der Waals surface area contributed by atoms with Crippen molar-refractivity contribution >= 4 is 40.9 Å². The first-order valence-electron chi connectivity index (χ1n) is 18.8. The molecule has 4 bridgehead atoms. The van der Waals surface area contributed by atoms with Gasteiger partial charge in [0.1, 0.15) is 40.5 Å².